The average Bonchev–Trinajstić information content (AvgIpc) is 3.34. The second kappa shape index (κ2) is 9.11. The molecule has 2 N–H and O–H groups in total. The molecular formula is C22H28FN7. The predicted octanol–water partition coefficient (Wildman–Crippen LogP) is 2.71. The van der Waals surface area contributed by atoms with Crippen LogP contribution >= 0.6 is 0 Å². The smallest absolute Gasteiger partial charge is 0.191 e. The summed E-state index contributed by atoms with van der Waals surface area (Å²) in [6, 6.07) is 11.5. The van der Waals surface area contributed by atoms with E-state index in [9.17, 15) is 4.39 Å². The first-order chi connectivity index (χ1) is 14.7. The summed E-state index contributed by atoms with van der Waals surface area (Å²) in [7, 11) is 1.77. The van der Waals surface area contributed by atoms with Gasteiger partial charge in [-0.05, 0) is 44.0 Å². The van der Waals surface area contributed by atoms with Crippen LogP contribution in [0.25, 0.3) is 11.0 Å². The van der Waals surface area contributed by atoms with Gasteiger partial charge in [0.05, 0.1) is 11.0 Å². The van der Waals surface area contributed by atoms with Gasteiger partial charge in [0.2, 0.25) is 0 Å². The largest absolute Gasteiger partial charge is 0.356 e. The number of imidazole rings is 1. The van der Waals surface area contributed by atoms with Crippen LogP contribution < -0.4 is 15.5 Å². The van der Waals surface area contributed by atoms with Gasteiger partial charge in [0.15, 0.2) is 17.6 Å². The summed E-state index contributed by atoms with van der Waals surface area (Å²) in [5, 5.41) is 6.84. The third-order valence-electron chi connectivity index (χ3n) is 5.49. The topological polar surface area (TPSA) is 70.4 Å². The first-order valence-electron chi connectivity index (χ1n) is 10.4. The number of aliphatic imine (C=N–C) groups is 1. The fourth-order valence-electron chi connectivity index (χ4n) is 3.99. The maximum atomic E-state index is 14.0. The van der Waals surface area contributed by atoms with Crippen LogP contribution in [0.2, 0.25) is 0 Å². The van der Waals surface area contributed by atoms with Crippen molar-refractivity contribution in [3.63, 3.8) is 0 Å². The Labute approximate surface area is 176 Å². The van der Waals surface area contributed by atoms with Crippen LogP contribution in [-0.2, 0) is 6.54 Å². The number of para-hydroxylation sites is 2. The summed E-state index contributed by atoms with van der Waals surface area (Å²) in [5.74, 6) is 1.96. The highest BCUT2D eigenvalue weighted by Gasteiger charge is 2.25. The molecule has 2 aromatic heterocycles. The molecule has 7 nitrogen and oxygen atoms in total. The van der Waals surface area contributed by atoms with Gasteiger partial charge in [-0.3, -0.25) is 4.99 Å². The molecular weight excluding hydrogens is 381 g/mol. The molecule has 1 aromatic carbocycles. The number of pyridine rings is 1. The summed E-state index contributed by atoms with van der Waals surface area (Å²) < 4.78 is 16.2. The van der Waals surface area contributed by atoms with E-state index in [0.29, 0.717) is 12.4 Å². The molecule has 4 rings (SSSR count). The summed E-state index contributed by atoms with van der Waals surface area (Å²) in [4.78, 5) is 15.1. The van der Waals surface area contributed by atoms with E-state index in [0.717, 1.165) is 49.8 Å². The van der Waals surface area contributed by atoms with Crippen molar-refractivity contribution in [1.29, 1.82) is 0 Å². The monoisotopic (exact) mass is 409 g/mol. The van der Waals surface area contributed by atoms with Gasteiger partial charge in [-0.1, -0.05) is 12.1 Å². The van der Waals surface area contributed by atoms with Crippen molar-refractivity contribution in [2.75, 3.05) is 31.6 Å². The Morgan fingerprint density at radius 2 is 2.13 bits per heavy atom. The van der Waals surface area contributed by atoms with Crippen molar-refractivity contribution >= 4 is 22.8 Å². The first-order valence-corrected chi connectivity index (χ1v) is 10.4. The van der Waals surface area contributed by atoms with Gasteiger partial charge in [0.25, 0.3) is 0 Å². The summed E-state index contributed by atoms with van der Waals surface area (Å²) in [6.07, 6.45) is 3.50. The second-order valence-electron chi connectivity index (χ2n) is 7.54. The van der Waals surface area contributed by atoms with Crippen molar-refractivity contribution in [1.82, 2.24) is 25.2 Å². The maximum absolute atomic E-state index is 14.0. The molecule has 1 saturated heterocycles. The number of benzene rings is 1. The lowest BCUT2D eigenvalue weighted by atomic mass is 10.3. The Kier molecular flexibility index (Phi) is 6.11. The van der Waals surface area contributed by atoms with Crippen LogP contribution in [0, 0.1) is 12.7 Å². The van der Waals surface area contributed by atoms with Gasteiger partial charge < -0.3 is 20.1 Å². The molecule has 0 aliphatic carbocycles. The molecule has 158 valence electrons. The molecule has 0 saturated carbocycles. The van der Waals surface area contributed by atoms with Crippen molar-refractivity contribution in [3.8, 4) is 0 Å². The second-order valence-corrected chi connectivity index (χ2v) is 7.54. The molecule has 30 heavy (non-hydrogen) atoms. The normalized spacial score (nSPS) is 17.0. The molecule has 1 fully saturated rings. The SMILES string of the molecule is CN=C(NCCCn1c(C)nc2ccccc21)NC1CCN(c2ncccc2F)C1. The third kappa shape index (κ3) is 4.37. The van der Waals surface area contributed by atoms with E-state index < -0.39 is 0 Å². The Balaban J connectivity index is 1.26. The number of fused-ring (bicyclic) bond motifs is 1. The fourth-order valence-corrected chi connectivity index (χ4v) is 3.99. The molecule has 3 heterocycles. The highest BCUT2D eigenvalue weighted by Crippen LogP contribution is 2.20. The van der Waals surface area contributed by atoms with Gasteiger partial charge >= 0.3 is 0 Å². The summed E-state index contributed by atoms with van der Waals surface area (Å²) in [6.45, 7) is 5.22. The van der Waals surface area contributed by atoms with E-state index in [1.807, 2.05) is 30.0 Å². The fraction of sp³-hybridized carbons (Fsp3) is 0.409. The van der Waals surface area contributed by atoms with E-state index in [1.54, 1.807) is 19.3 Å². The predicted molar refractivity (Wildman–Crippen MR) is 118 cm³/mol. The van der Waals surface area contributed by atoms with E-state index in [4.69, 9.17) is 0 Å². The van der Waals surface area contributed by atoms with Crippen LogP contribution in [0.4, 0.5) is 10.2 Å². The molecule has 3 aromatic rings. The summed E-state index contributed by atoms with van der Waals surface area (Å²) in [5.41, 5.74) is 2.21. The Hall–Kier alpha value is -3.16. The minimum atomic E-state index is -0.275. The van der Waals surface area contributed by atoms with Gasteiger partial charge in [0.1, 0.15) is 5.82 Å². The van der Waals surface area contributed by atoms with Crippen molar-refractivity contribution in [3.05, 3.63) is 54.2 Å². The van der Waals surface area contributed by atoms with Crippen LogP contribution in [0.1, 0.15) is 18.7 Å². The minimum absolute atomic E-state index is 0.206. The third-order valence-corrected chi connectivity index (χ3v) is 5.49. The number of hydrogen-bond donors (Lipinski definition) is 2. The number of rotatable bonds is 6. The number of halogens is 1. The van der Waals surface area contributed by atoms with Gasteiger partial charge in [-0.2, -0.15) is 0 Å². The van der Waals surface area contributed by atoms with Gasteiger partial charge in [-0.25, -0.2) is 14.4 Å². The molecule has 1 atom stereocenters. The minimum Gasteiger partial charge on any atom is -0.356 e. The van der Waals surface area contributed by atoms with Gasteiger partial charge in [0, 0.05) is 45.5 Å². The molecule has 0 bridgehead atoms. The van der Waals surface area contributed by atoms with E-state index in [1.165, 1.54) is 11.6 Å². The summed E-state index contributed by atoms with van der Waals surface area (Å²) >= 11 is 0. The van der Waals surface area contributed by atoms with Crippen molar-refractivity contribution in [2.45, 2.75) is 32.4 Å². The van der Waals surface area contributed by atoms with E-state index >= 15 is 0 Å². The lowest BCUT2D eigenvalue weighted by Crippen LogP contribution is -2.45. The molecule has 0 amide bonds. The number of aromatic nitrogens is 3. The number of anilines is 1. The Morgan fingerprint density at radius 3 is 2.97 bits per heavy atom. The van der Waals surface area contributed by atoms with Crippen LogP contribution in [-0.4, -0.2) is 53.2 Å². The van der Waals surface area contributed by atoms with Crippen LogP contribution in [0.3, 0.4) is 0 Å². The highest BCUT2D eigenvalue weighted by atomic mass is 19.1. The Bertz CT molecular complexity index is 1030. The Morgan fingerprint density at radius 1 is 1.27 bits per heavy atom. The van der Waals surface area contributed by atoms with Crippen LogP contribution in [0.15, 0.2) is 47.6 Å². The first kappa shape index (κ1) is 20.1. The van der Waals surface area contributed by atoms with Gasteiger partial charge in [-0.15, -0.1) is 0 Å². The number of nitrogens with zero attached hydrogens (tertiary/aromatic N) is 5. The molecule has 0 radical (unpaired) electrons. The zero-order valence-electron chi connectivity index (χ0n) is 17.5. The van der Waals surface area contributed by atoms with Crippen molar-refractivity contribution in [2.24, 2.45) is 4.99 Å². The van der Waals surface area contributed by atoms with E-state index in [2.05, 4.69) is 36.2 Å². The number of aryl methyl sites for hydroxylation is 2. The number of nitrogens with one attached hydrogen (secondary N) is 2. The number of guanidine groups is 1. The average molecular weight is 410 g/mol. The molecule has 8 heteroatoms. The lowest BCUT2D eigenvalue weighted by Gasteiger charge is -2.20. The molecule has 1 unspecified atom stereocenters. The standard InChI is InChI=1S/C22H28FN7/c1-16-27-19-8-3-4-9-20(19)30(16)13-6-12-26-22(24-2)28-17-10-14-29(15-17)21-18(23)7-5-11-25-21/h3-5,7-9,11,17H,6,10,12-15H2,1-2H3,(H2,24,26,28). The highest BCUT2D eigenvalue weighted by molar-refractivity contribution is 5.80. The number of hydrogen-bond acceptors (Lipinski definition) is 4. The van der Waals surface area contributed by atoms with Crippen LogP contribution in [0.5, 0.6) is 0 Å². The molecule has 1 aliphatic heterocycles. The van der Waals surface area contributed by atoms with Crippen molar-refractivity contribution < 1.29 is 4.39 Å². The molecule has 0 spiro atoms. The quantitative estimate of drug-likeness (QED) is 0.372. The maximum Gasteiger partial charge on any atom is 0.191 e. The zero-order valence-corrected chi connectivity index (χ0v) is 17.5. The lowest BCUT2D eigenvalue weighted by molar-refractivity contribution is 0.605. The zero-order chi connectivity index (χ0) is 20.9. The van der Waals surface area contributed by atoms with E-state index in [-0.39, 0.29) is 11.9 Å². The molecule has 1 aliphatic rings.